The normalized spacial score (nSPS) is 22.5. The second kappa shape index (κ2) is 4.92. The van der Waals surface area contributed by atoms with E-state index in [1.165, 1.54) is 0 Å². The summed E-state index contributed by atoms with van der Waals surface area (Å²) in [4.78, 5) is 9.41. The molecule has 3 rings (SSSR count). The lowest BCUT2D eigenvalue weighted by molar-refractivity contribution is 0.137. The fraction of sp³-hybridized carbons (Fsp3) is 0.583. The first-order chi connectivity index (χ1) is 8.34. The standard InChI is InChI=1S/C12H17BrN4/c13-11-2-1-3-15-12(11)17-6-4-16(5-7-17)10-8-14-9-10/h1-3,10,14H,4-9H2. The number of rotatable bonds is 2. The summed E-state index contributed by atoms with van der Waals surface area (Å²) in [5, 5.41) is 3.34. The van der Waals surface area contributed by atoms with Crippen LogP contribution in [0.5, 0.6) is 0 Å². The van der Waals surface area contributed by atoms with Gasteiger partial charge >= 0.3 is 0 Å². The molecule has 1 aromatic rings. The van der Waals surface area contributed by atoms with Crippen LogP contribution in [0.15, 0.2) is 22.8 Å². The molecule has 2 saturated heterocycles. The van der Waals surface area contributed by atoms with E-state index in [-0.39, 0.29) is 0 Å². The Bertz CT molecular complexity index is 386. The highest BCUT2D eigenvalue weighted by atomic mass is 79.9. The zero-order valence-corrected chi connectivity index (χ0v) is 11.4. The average Bonchev–Trinajstić information content (AvgIpc) is 2.29. The van der Waals surface area contributed by atoms with Crippen LogP contribution in [0.1, 0.15) is 0 Å². The van der Waals surface area contributed by atoms with Gasteiger partial charge in [-0.1, -0.05) is 0 Å². The molecule has 1 N–H and O–H groups in total. The zero-order chi connectivity index (χ0) is 11.7. The van der Waals surface area contributed by atoms with Gasteiger partial charge in [-0.05, 0) is 28.1 Å². The topological polar surface area (TPSA) is 31.4 Å². The van der Waals surface area contributed by atoms with E-state index < -0.39 is 0 Å². The minimum Gasteiger partial charge on any atom is -0.353 e. The van der Waals surface area contributed by atoms with Crippen molar-refractivity contribution in [1.29, 1.82) is 0 Å². The van der Waals surface area contributed by atoms with E-state index >= 15 is 0 Å². The number of hydrogen-bond donors (Lipinski definition) is 1. The molecule has 3 heterocycles. The third-order valence-corrected chi connectivity index (χ3v) is 4.25. The van der Waals surface area contributed by atoms with E-state index in [9.17, 15) is 0 Å². The van der Waals surface area contributed by atoms with Crippen molar-refractivity contribution in [2.24, 2.45) is 0 Å². The van der Waals surface area contributed by atoms with E-state index in [0.717, 1.165) is 55.6 Å². The van der Waals surface area contributed by atoms with Crippen molar-refractivity contribution in [3.05, 3.63) is 22.8 Å². The largest absolute Gasteiger partial charge is 0.353 e. The number of hydrogen-bond acceptors (Lipinski definition) is 4. The Morgan fingerprint density at radius 2 is 2.00 bits per heavy atom. The van der Waals surface area contributed by atoms with Crippen LogP contribution in [0.3, 0.4) is 0 Å². The van der Waals surface area contributed by atoms with E-state index in [0.29, 0.717) is 0 Å². The van der Waals surface area contributed by atoms with Gasteiger partial charge in [0.15, 0.2) is 0 Å². The van der Waals surface area contributed by atoms with Gasteiger partial charge in [-0.2, -0.15) is 0 Å². The molecule has 0 aliphatic carbocycles. The van der Waals surface area contributed by atoms with Gasteiger partial charge in [-0.3, -0.25) is 4.90 Å². The van der Waals surface area contributed by atoms with E-state index in [1.54, 1.807) is 0 Å². The zero-order valence-electron chi connectivity index (χ0n) is 9.77. The quantitative estimate of drug-likeness (QED) is 0.880. The van der Waals surface area contributed by atoms with Crippen molar-refractivity contribution in [3.63, 3.8) is 0 Å². The molecule has 0 spiro atoms. The fourth-order valence-electron chi connectivity index (χ4n) is 2.44. The van der Waals surface area contributed by atoms with Crippen LogP contribution < -0.4 is 10.2 Å². The molecule has 1 aromatic heterocycles. The van der Waals surface area contributed by atoms with Gasteiger partial charge in [0, 0.05) is 51.5 Å². The minimum absolute atomic E-state index is 0.768. The molecule has 2 aliphatic heterocycles. The Hall–Kier alpha value is -0.650. The smallest absolute Gasteiger partial charge is 0.142 e. The summed E-state index contributed by atoms with van der Waals surface area (Å²) in [7, 11) is 0. The maximum absolute atomic E-state index is 4.45. The van der Waals surface area contributed by atoms with Crippen LogP contribution >= 0.6 is 15.9 Å². The lowest BCUT2D eigenvalue weighted by Crippen LogP contribution is -2.61. The van der Waals surface area contributed by atoms with Crippen LogP contribution in [0.2, 0.25) is 0 Å². The summed E-state index contributed by atoms with van der Waals surface area (Å²) in [6.45, 7) is 6.77. The molecule has 0 saturated carbocycles. The summed E-state index contributed by atoms with van der Waals surface area (Å²) in [6, 6.07) is 4.79. The molecular formula is C12H17BrN4. The van der Waals surface area contributed by atoms with Crippen LogP contribution in [-0.2, 0) is 0 Å². The Labute approximate surface area is 110 Å². The molecule has 5 heteroatoms. The van der Waals surface area contributed by atoms with Crippen LogP contribution in [0.4, 0.5) is 5.82 Å². The molecule has 0 radical (unpaired) electrons. The highest BCUT2D eigenvalue weighted by Gasteiger charge is 2.28. The van der Waals surface area contributed by atoms with Gasteiger partial charge in [0.05, 0.1) is 4.47 Å². The van der Waals surface area contributed by atoms with Gasteiger partial charge in [-0.25, -0.2) is 4.98 Å². The average molecular weight is 297 g/mol. The Kier molecular flexibility index (Phi) is 3.31. The number of piperazine rings is 1. The number of aromatic nitrogens is 1. The van der Waals surface area contributed by atoms with Gasteiger partial charge in [0.1, 0.15) is 5.82 Å². The summed E-state index contributed by atoms with van der Waals surface area (Å²) in [5.41, 5.74) is 0. The molecule has 17 heavy (non-hydrogen) atoms. The SMILES string of the molecule is Brc1cccnc1N1CCN(C2CNC2)CC1. The van der Waals surface area contributed by atoms with Crippen LogP contribution in [-0.4, -0.2) is 55.2 Å². The van der Waals surface area contributed by atoms with Gasteiger partial charge in [0.25, 0.3) is 0 Å². The highest BCUT2D eigenvalue weighted by Crippen LogP contribution is 2.24. The monoisotopic (exact) mass is 296 g/mol. The third kappa shape index (κ3) is 2.32. The van der Waals surface area contributed by atoms with Crippen LogP contribution in [0, 0.1) is 0 Å². The third-order valence-electron chi connectivity index (χ3n) is 3.63. The molecule has 4 nitrogen and oxygen atoms in total. The maximum atomic E-state index is 4.45. The predicted octanol–water partition coefficient (Wildman–Crippen LogP) is 0.938. The van der Waals surface area contributed by atoms with Gasteiger partial charge in [0.2, 0.25) is 0 Å². The lowest BCUT2D eigenvalue weighted by Gasteiger charge is -2.43. The number of pyridine rings is 1. The molecule has 0 amide bonds. The number of anilines is 1. The molecule has 0 atom stereocenters. The lowest BCUT2D eigenvalue weighted by atomic mass is 10.1. The predicted molar refractivity (Wildman–Crippen MR) is 72.4 cm³/mol. The summed E-state index contributed by atoms with van der Waals surface area (Å²) >= 11 is 3.57. The van der Waals surface area contributed by atoms with E-state index in [4.69, 9.17) is 0 Å². The first kappa shape index (κ1) is 11.4. The minimum atomic E-state index is 0.768. The van der Waals surface area contributed by atoms with Gasteiger partial charge < -0.3 is 10.2 Å². The van der Waals surface area contributed by atoms with E-state index in [2.05, 4.69) is 42.1 Å². The Morgan fingerprint density at radius 1 is 1.24 bits per heavy atom. The summed E-state index contributed by atoms with van der Waals surface area (Å²) in [5.74, 6) is 1.08. The second-order valence-corrected chi connectivity index (χ2v) is 5.50. The summed E-state index contributed by atoms with van der Waals surface area (Å²) in [6.07, 6.45) is 1.86. The summed E-state index contributed by atoms with van der Waals surface area (Å²) < 4.78 is 1.10. The molecule has 92 valence electrons. The number of nitrogens with one attached hydrogen (secondary N) is 1. The van der Waals surface area contributed by atoms with Crippen molar-refractivity contribution >= 4 is 21.7 Å². The molecule has 2 fully saturated rings. The van der Waals surface area contributed by atoms with Crippen molar-refractivity contribution < 1.29 is 0 Å². The Balaban J connectivity index is 1.63. The van der Waals surface area contributed by atoms with E-state index in [1.807, 2.05) is 12.3 Å². The fourth-order valence-corrected chi connectivity index (χ4v) is 2.95. The molecule has 0 bridgehead atoms. The Morgan fingerprint density at radius 3 is 2.59 bits per heavy atom. The molecule has 2 aliphatic rings. The van der Waals surface area contributed by atoms with Gasteiger partial charge in [-0.15, -0.1) is 0 Å². The first-order valence-corrected chi connectivity index (χ1v) is 6.94. The number of nitrogens with zero attached hydrogens (tertiary/aromatic N) is 3. The molecule has 0 unspecified atom stereocenters. The van der Waals surface area contributed by atoms with Crippen molar-refractivity contribution in [1.82, 2.24) is 15.2 Å². The molecular weight excluding hydrogens is 280 g/mol. The van der Waals surface area contributed by atoms with Crippen molar-refractivity contribution in [3.8, 4) is 0 Å². The van der Waals surface area contributed by atoms with Crippen LogP contribution in [0.25, 0.3) is 0 Å². The van der Waals surface area contributed by atoms with Crippen molar-refractivity contribution in [2.75, 3.05) is 44.2 Å². The second-order valence-electron chi connectivity index (χ2n) is 4.64. The highest BCUT2D eigenvalue weighted by molar-refractivity contribution is 9.10. The molecule has 0 aromatic carbocycles. The first-order valence-electron chi connectivity index (χ1n) is 6.15. The maximum Gasteiger partial charge on any atom is 0.142 e. The number of halogens is 1. The van der Waals surface area contributed by atoms with Crippen molar-refractivity contribution in [2.45, 2.75) is 6.04 Å².